The van der Waals surface area contributed by atoms with Crippen molar-refractivity contribution in [2.45, 2.75) is 26.1 Å². The van der Waals surface area contributed by atoms with E-state index >= 15 is 0 Å². The maximum absolute atomic E-state index is 10.5. The number of carbonyl (C=O) groups is 1. The molecule has 0 fully saturated rings. The minimum Gasteiger partial charge on any atom is -0.491 e. The van der Waals surface area contributed by atoms with Crippen LogP contribution in [0.15, 0.2) is 24.3 Å². The van der Waals surface area contributed by atoms with E-state index in [0.717, 1.165) is 0 Å². The lowest BCUT2D eigenvalue weighted by Crippen LogP contribution is -2.10. The second kappa shape index (κ2) is 4.79. The molecule has 0 aliphatic heterocycles. The maximum Gasteiger partial charge on any atom is 0.337 e. The zero-order valence-corrected chi connectivity index (χ0v) is 8.68. The van der Waals surface area contributed by atoms with Crippen molar-refractivity contribution in [3.05, 3.63) is 29.8 Å². The average molecular weight is 210 g/mol. The second-order valence-electron chi connectivity index (χ2n) is 3.48. The number of benzene rings is 1. The predicted molar refractivity (Wildman–Crippen MR) is 54.8 cm³/mol. The van der Waals surface area contributed by atoms with Gasteiger partial charge in [0.1, 0.15) is 5.75 Å². The summed E-state index contributed by atoms with van der Waals surface area (Å²) in [5.74, 6) is -0.598. The summed E-state index contributed by atoms with van der Waals surface area (Å²) in [6, 6.07) is 6.36. The van der Waals surface area contributed by atoms with Gasteiger partial charge in [0.2, 0.25) is 0 Å². The minimum atomic E-state index is -1.47. The molecule has 82 valence electrons. The van der Waals surface area contributed by atoms with Gasteiger partial charge < -0.3 is 14.9 Å². The lowest BCUT2D eigenvalue weighted by Gasteiger charge is -2.11. The van der Waals surface area contributed by atoms with Gasteiger partial charge in [-0.15, -0.1) is 0 Å². The number of rotatable bonds is 4. The first-order valence-electron chi connectivity index (χ1n) is 4.68. The molecule has 1 atom stereocenters. The van der Waals surface area contributed by atoms with E-state index < -0.39 is 12.1 Å². The van der Waals surface area contributed by atoms with E-state index in [1.807, 2.05) is 13.8 Å². The van der Waals surface area contributed by atoms with Crippen LogP contribution in [0.4, 0.5) is 0 Å². The van der Waals surface area contributed by atoms with Crippen LogP contribution in [0, 0.1) is 0 Å². The average Bonchev–Trinajstić information content (AvgIpc) is 2.17. The first-order valence-corrected chi connectivity index (χ1v) is 4.68. The van der Waals surface area contributed by atoms with Crippen LogP contribution in [0.5, 0.6) is 5.75 Å². The quantitative estimate of drug-likeness (QED) is 0.792. The highest BCUT2D eigenvalue weighted by atomic mass is 16.5. The molecule has 2 N–H and O–H groups in total. The Labute approximate surface area is 88.1 Å². The maximum atomic E-state index is 10.5. The molecule has 0 amide bonds. The van der Waals surface area contributed by atoms with Crippen LogP contribution in [0.2, 0.25) is 0 Å². The fourth-order valence-corrected chi connectivity index (χ4v) is 1.14. The Morgan fingerprint density at radius 3 is 2.20 bits per heavy atom. The van der Waals surface area contributed by atoms with Gasteiger partial charge in [-0.1, -0.05) is 12.1 Å². The van der Waals surface area contributed by atoms with Gasteiger partial charge in [0.05, 0.1) is 6.10 Å². The van der Waals surface area contributed by atoms with Gasteiger partial charge in [-0.2, -0.15) is 0 Å². The van der Waals surface area contributed by atoms with E-state index in [9.17, 15) is 9.90 Å². The number of hydrogen-bond acceptors (Lipinski definition) is 3. The highest BCUT2D eigenvalue weighted by Crippen LogP contribution is 2.18. The second-order valence-corrected chi connectivity index (χ2v) is 3.48. The van der Waals surface area contributed by atoms with Gasteiger partial charge in [-0.25, -0.2) is 4.79 Å². The van der Waals surface area contributed by atoms with E-state index in [4.69, 9.17) is 9.84 Å². The van der Waals surface area contributed by atoms with Crippen LogP contribution in [-0.4, -0.2) is 22.3 Å². The van der Waals surface area contributed by atoms with Crippen LogP contribution in [0.1, 0.15) is 25.5 Å². The molecular formula is C11H14O4. The minimum absolute atomic E-state index is 0.0697. The smallest absolute Gasteiger partial charge is 0.337 e. The Bertz CT molecular complexity index is 329. The molecule has 0 aliphatic rings. The summed E-state index contributed by atoms with van der Waals surface area (Å²) in [5, 5.41) is 17.8. The SMILES string of the molecule is CC(C)Oc1ccc([C@H](O)C(=O)O)cc1. The molecule has 0 radical (unpaired) electrons. The molecule has 0 aromatic heterocycles. The van der Waals surface area contributed by atoms with Crippen LogP contribution in [0.3, 0.4) is 0 Å². The number of aliphatic hydroxyl groups is 1. The Morgan fingerprint density at radius 2 is 1.80 bits per heavy atom. The van der Waals surface area contributed by atoms with Crippen molar-refractivity contribution in [1.82, 2.24) is 0 Å². The van der Waals surface area contributed by atoms with Gasteiger partial charge in [0, 0.05) is 0 Å². The number of hydrogen-bond donors (Lipinski definition) is 2. The van der Waals surface area contributed by atoms with Crippen LogP contribution < -0.4 is 4.74 Å². The van der Waals surface area contributed by atoms with E-state index in [-0.39, 0.29) is 6.10 Å². The Hall–Kier alpha value is -1.55. The Morgan fingerprint density at radius 1 is 1.27 bits per heavy atom. The van der Waals surface area contributed by atoms with Crippen molar-refractivity contribution in [3.63, 3.8) is 0 Å². The van der Waals surface area contributed by atoms with Crippen LogP contribution in [-0.2, 0) is 4.79 Å². The van der Waals surface area contributed by atoms with E-state index in [2.05, 4.69) is 0 Å². The number of ether oxygens (including phenoxy) is 1. The fourth-order valence-electron chi connectivity index (χ4n) is 1.14. The summed E-state index contributed by atoms with van der Waals surface area (Å²) >= 11 is 0. The first kappa shape index (κ1) is 11.5. The zero-order valence-electron chi connectivity index (χ0n) is 8.68. The molecule has 0 heterocycles. The molecule has 0 saturated carbocycles. The number of carboxylic acid groups (broad SMARTS) is 1. The van der Waals surface area contributed by atoms with Gasteiger partial charge in [0.15, 0.2) is 6.10 Å². The standard InChI is InChI=1S/C11H14O4/c1-7(2)15-9-5-3-8(4-6-9)10(12)11(13)14/h3-7,10,12H,1-2H3,(H,13,14)/t10-/m0/s1. The van der Waals surface area contributed by atoms with Gasteiger partial charge in [0.25, 0.3) is 0 Å². The molecule has 1 rings (SSSR count). The third-order valence-corrected chi connectivity index (χ3v) is 1.80. The molecular weight excluding hydrogens is 196 g/mol. The van der Waals surface area contributed by atoms with E-state index in [1.54, 1.807) is 12.1 Å². The van der Waals surface area contributed by atoms with Crippen molar-refractivity contribution >= 4 is 5.97 Å². The summed E-state index contributed by atoms with van der Waals surface area (Å²) in [7, 11) is 0. The van der Waals surface area contributed by atoms with Gasteiger partial charge in [-0.3, -0.25) is 0 Å². The third-order valence-electron chi connectivity index (χ3n) is 1.80. The molecule has 0 spiro atoms. The molecule has 1 aromatic carbocycles. The van der Waals surface area contributed by atoms with Crippen LogP contribution >= 0.6 is 0 Å². The molecule has 4 nitrogen and oxygen atoms in total. The summed E-state index contributed by atoms with van der Waals surface area (Å²) in [5.41, 5.74) is 0.346. The number of aliphatic hydroxyl groups excluding tert-OH is 1. The van der Waals surface area contributed by atoms with Gasteiger partial charge >= 0.3 is 5.97 Å². The Kier molecular flexibility index (Phi) is 3.68. The lowest BCUT2D eigenvalue weighted by molar-refractivity contribution is -0.146. The van der Waals surface area contributed by atoms with Gasteiger partial charge in [-0.05, 0) is 31.5 Å². The molecule has 15 heavy (non-hydrogen) atoms. The summed E-state index contributed by atoms with van der Waals surface area (Å²) in [6.07, 6.45) is -1.40. The first-order chi connectivity index (χ1) is 7.00. The number of carboxylic acids is 1. The van der Waals surface area contributed by atoms with E-state index in [1.165, 1.54) is 12.1 Å². The molecule has 4 heteroatoms. The topological polar surface area (TPSA) is 66.8 Å². The van der Waals surface area contributed by atoms with Crippen molar-refractivity contribution in [2.24, 2.45) is 0 Å². The normalized spacial score (nSPS) is 12.5. The highest BCUT2D eigenvalue weighted by Gasteiger charge is 2.15. The monoisotopic (exact) mass is 210 g/mol. The summed E-state index contributed by atoms with van der Waals surface area (Å²) < 4.78 is 5.38. The van der Waals surface area contributed by atoms with Crippen molar-refractivity contribution < 1.29 is 19.7 Å². The molecule has 0 unspecified atom stereocenters. The molecule has 1 aromatic rings. The number of aliphatic carboxylic acids is 1. The lowest BCUT2D eigenvalue weighted by atomic mass is 10.1. The fraction of sp³-hybridized carbons (Fsp3) is 0.364. The van der Waals surface area contributed by atoms with Crippen molar-refractivity contribution in [1.29, 1.82) is 0 Å². The molecule has 0 saturated heterocycles. The van der Waals surface area contributed by atoms with Crippen molar-refractivity contribution in [2.75, 3.05) is 0 Å². The highest BCUT2D eigenvalue weighted by molar-refractivity contribution is 5.74. The largest absolute Gasteiger partial charge is 0.491 e. The zero-order chi connectivity index (χ0) is 11.4. The van der Waals surface area contributed by atoms with Crippen molar-refractivity contribution in [3.8, 4) is 5.75 Å². The molecule has 0 aliphatic carbocycles. The molecule has 0 bridgehead atoms. The Balaban J connectivity index is 2.76. The van der Waals surface area contributed by atoms with E-state index in [0.29, 0.717) is 11.3 Å². The third kappa shape index (κ3) is 3.25. The summed E-state index contributed by atoms with van der Waals surface area (Å²) in [6.45, 7) is 3.81. The predicted octanol–water partition coefficient (Wildman–Crippen LogP) is 1.59. The van der Waals surface area contributed by atoms with Crippen LogP contribution in [0.25, 0.3) is 0 Å². The summed E-state index contributed by atoms with van der Waals surface area (Å²) in [4.78, 5) is 10.5.